The lowest BCUT2D eigenvalue weighted by Gasteiger charge is -2.22. The van der Waals surface area contributed by atoms with E-state index in [1.165, 1.54) is 11.3 Å². The summed E-state index contributed by atoms with van der Waals surface area (Å²) in [5.74, 6) is 0.0434. The summed E-state index contributed by atoms with van der Waals surface area (Å²) in [6, 6.07) is 1.49. The van der Waals surface area contributed by atoms with Gasteiger partial charge in [-0.2, -0.15) is 0 Å². The van der Waals surface area contributed by atoms with E-state index in [1.807, 2.05) is 0 Å². The van der Waals surface area contributed by atoms with Crippen molar-refractivity contribution in [2.45, 2.75) is 12.5 Å². The number of furan rings is 1. The molecule has 1 N–H and O–H groups in total. The highest BCUT2D eigenvalue weighted by atomic mass is 32.1. The summed E-state index contributed by atoms with van der Waals surface area (Å²) in [4.78, 5) is 19.6. The molecule has 0 aromatic carbocycles. The first-order chi connectivity index (χ1) is 8.81. The largest absolute Gasteiger partial charge is 0.470 e. The van der Waals surface area contributed by atoms with Gasteiger partial charge in [-0.1, -0.05) is 0 Å². The molecule has 0 bridgehead atoms. The molecule has 0 spiro atoms. The van der Waals surface area contributed by atoms with Gasteiger partial charge in [-0.15, -0.1) is 11.3 Å². The number of hydrogen-bond acceptors (Lipinski definition) is 5. The number of hydrogen-bond donors (Lipinski definition) is 1. The van der Waals surface area contributed by atoms with Crippen molar-refractivity contribution in [1.82, 2.24) is 10.3 Å². The van der Waals surface area contributed by atoms with Crippen molar-refractivity contribution < 1.29 is 9.21 Å². The van der Waals surface area contributed by atoms with Gasteiger partial charge in [0, 0.05) is 19.0 Å². The van der Waals surface area contributed by atoms with Crippen LogP contribution in [-0.2, 0) is 11.2 Å². The molecule has 1 atom stereocenters. The van der Waals surface area contributed by atoms with Crippen LogP contribution in [0, 0.1) is 0 Å². The number of amides is 1. The molecule has 6 heteroatoms. The first kappa shape index (κ1) is 11.4. The SMILES string of the molecule is CNC1C(=O)N(c2ccoc2)CCc2ncsc21. The average Bonchev–Trinajstić information content (AvgIpc) is 3.01. The van der Waals surface area contributed by atoms with Crippen molar-refractivity contribution in [2.75, 3.05) is 18.5 Å². The van der Waals surface area contributed by atoms with E-state index in [-0.39, 0.29) is 11.9 Å². The second-order valence-electron chi connectivity index (χ2n) is 4.11. The highest BCUT2D eigenvalue weighted by Crippen LogP contribution is 2.30. The van der Waals surface area contributed by atoms with Crippen molar-refractivity contribution >= 4 is 22.9 Å². The zero-order valence-corrected chi connectivity index (χ0v) is 10.7. The van der Waals surface area contributed by atoms with Gasteiger partial charge in [0.15, 0.2) is 0 Å². The molecule has 0 saturated heterocycles. The van der Waals surface area contributed by atoms with Gasteiger partial charge < -0.3 is 14.6 Å². The Kier molecular flexibility index (Phi) is 2.89. The van der Waals surface area contributed by atoms with Crippen LogP contribution in [0.15, 0.2) is 28.5 Å². The Hall–Kier alpha value is -1.66. The quantitative estimate of drug-likeness (QED) is 0.894. The number of carbonyl (C=O) groups excluding carboxylic acids is 1. The van der Waals surface area contributed by atoms with Crippen LogP contribution in [0.1, 0.15) is 16.6 Å². The fourth-order valence-corrected chi connectivity index (χ4v) is 3.16. The van der Waals surface area contributed by atoms with Gasteiger partial charge in [0.2, 0.25) is 5.91 Å². The molecule has 5 nitrogen and oxygen atoms in total. The molecule has 0 radical (unpaired) electrons. The second kappa shape index (κ2) is 4.55. The average molecular weight is 263 g/mol. The molecule has 2 aromatic heterocycles. The van der Waals surface area contributed by atoms with Crippen LogP contribution >= 0.6 is 11.3 Å². The predicted molar refractivity (Wildman–Crippen MR) is 68.7 cm³/mol. The number of anilines is 1. The Bertz CT molecular complexity index is 549. The zero-order chi connectivity index (χ0) is 12.5. The molecule has 1 aliphatic heterocycles. The van der Waals surface area contributed by atoms with Crippen molar-refractivity contribution in [3.05, 3.63) is 34.7 Å². The summed E-state index contributed by atoms with van der Waals surface area (Å²) in [6.07, 6.45) is 3.95. The third-order valence-electron chi connectivity index (χ3n) is 3.13. The monoisotopic (exact) mass is 263 g/mol. The Morgan fingerprint density at radius 2 is 2.50 bits per heavy atom. The minimum atomic E-state index is -0.315. The van der Waals surface area contributed by atoms with Crippen LogP contribution in [0.25, 0.3) is 0 Å². The van der Waals surface area contributed by atoms with Crippen molar-refractivity contribution in [3.63, 3.8) is 0 Å². The Balaban J connectivity index is 1.99. The van der Waals surface area contributed by atoms with Gasteiger partial charge in [0.1, 0.15) is 12.3 Å². The highest BCUT2D eigenvalue weighted by Gasteiger charge is 2.32. The van der Waals surface area contributed by atoms with Crippen LogP contribution in [0.2, 0.25) is 0 Å². The van der Waals surface area contributed by atoms with Crippen LogP contribution in [0.5, 0.6) is 0 Å². The summed E-state index contributed by atoms with van der Waals surface area (Å²) >= 11 is 1.53. The zero-order valence-electron chi connectivity index (χ0n) is 9.92. The summed E-state index contributed by atoms with van der Waals surface area (Å²) in [7, 11) is 1.80. The molecule has 94 valence electrons. The molecule has 0 saturated carbocycles. The first-order valence-corrected chi connectivity index (χ1v) is 6.62. The smallest absolute Gasteiger partial charge is 0.249 e. The topological polar surface area (TPSA) is 58.4 Å². The van der Waals surface area contributed by atoms with Gasteiger partial charge in [0.05, 0.1) is 28.0 Å². The van der Waals surface area contributed by atoms with Crippen LogP contribution in [-0.4, -0.2) is 24.5 Å². The molecular formula is C12H13N3O2S. The van der Waals surface area contributed by atoms with E-state index in [9.17, 15) is 4.79 Å². The summed E-state index contributed by atoms with van der Waals surface area (Å²) in [6.45, 7) is 0.632. The maximum absolute atomic E-state index is 12.5. The predicted octanol–water partition coefficient (Wildman–Crippen LogP) is 1.59. The number of carbonyl (C=O) groups is 1. The summed E-state index contributed by atoms with van der Waals surface area (Å²) in [5, 5.41) is 3.08. The molecular weight excluding hydrogens is 250 g/mol. The molecule has 18 heavy (non-hydrogen) atoms. The standard InChI is InChI=1S/C12H13N3O2S/c1-13-10-11-9(14-7-18-11)2-4-15(12(10)16)8-3-5-17-6-8/h3,5-7,10,13H,2,4H2,1H3. The first-order valence-electron chi connectivity index (χ1n) is 5.74. The molecule has 0 fully saturated rings. The normalized spacial score (nSPS) is 19.7. The molecule has 2 aromatic rings. The van der Waals surface area contributed by atoms with Crippen molar-refractivity contribution in [1.29, 1.82) is 0 Å². The minimum absolute atomic E-state index is 0.0434. The number of fused-ring (bicyclic) bond motifs is 1. The fourth-order valence-electron chi connectivity index (χ4n) is 2.22. The van der Waals surface area contributed by atoms with E-state index in [4.69, 9.17) is 4.42 Å². The maximum atomic E-state index is 12.5. The molecule has 1 aliphatic rings. The maximum Gasteiger partial charge on any atom is 0.249 e. The van der Waals surface area contributed by atoms with Gasteiger partial charge in [-0.3, -0.25) is 4.79 Å². The van der Waals surface area contributed by atoms with Gasteiger partial charge >= 0.3 is 0 Å². The third-order valence-corrected chi connectivity index (χ3v) is 4.06. The Morgan fingerprint density at radius 1 is 1.61 bits per heavy atom. The van der Waals surface area contributed by atoms with E-state index >= 15 is 0 Å². The molecule has 3 heterocycles. The Labute approximate surface area is 108 Å². The molecule has 3 rings (SSSR count). The third kappa shape index (κ3) is 1.74. The number of aromatic nitrogens is 1. The van der Waals surface area contributed by atoms with Gasteiger partial charge in [-0.25, -0.2) is 4.98 Å². The van der Waals surface area contributed by atoms with E-state index < -0.39 is 0 Å². The fraction of sp³-hybridized carbons (Fsp3) is 0.333. The lowest BCUT2D eigenvalue weighted by Crippen LogP contribution is -2.38. The lowest BCUT2D eigenvalue weighted by atomic mass is 10.2. The minimum Gasteiger partial charge on any atom is -0.470 e. The number of thiazole rings is 1. The summed E-state index contributed by atoms with van der Waals surface area (Å²) < 4.78 is 5.06. The van der Waals surface area contributed by atoms with Crippen molar-refractivity contribution in [3.8, 4) is 0 Å². The van der Waals surface area contributed by atoms with E-state index in [0.717, 1.165) is 22.7 Å². The number of nitrogens with one attached hydrogen (secondary N) is 1. The Morgan fingerprint density at radius 3 is 3.22 bits per heavy atom. The summed E-state index contributed by atoms with van der Waals surface area (Å²) in [5.41, 5.74) is 3.62. The van der Waals surface area contributed by atoms with Gasteiger partial charge in [-0.05, 0) is 7.05 Å². The molecule has 1 amide bonds. The lowest BCUT2D eigenvalue weighted by molar-refractivity contribution is -0.120. The highest BCUT2D eigenvalue weighted by molar-refractivity contribution is 7.10. The van der Waals surface area contributed by atoms with Crippen molar-refractivity contribution in [2.24, 2.45) is 0 Å². The van der Waals surface area contributed by atoms with Crippen LogP contribution in [0.3, 0.4) is 0 Å². The molecule has 1 unspecified atom stereocenters. The van der Waals surface area contributed by atoms with E-state index in [1.54, 1.807) is 36.1 Å². The van der Waals surface area contributed by atoms with E-state index in [2.05, 4.69) is 10.3 Å². The van der Waals surface area contributed by atoms with Gasteiger partial charge in [0.25, 0.3) is 0 Å². The number of nitrogens with zero attached hydrogens (tertiary/aromatic N) is 2. The number of likely N-dealkylation sites (N-methyl/N-ethyl adjacent to an activating group) is 1. The van der Waals surface area contributed by atoms with Crippen LogP contribution in [0.4, 0.5) is 5.69 Å². The van der Waals surface area contributed by atoms with E-state index in [0.29, 0.717) is 6.54 Å². The second-order valence-corrected chi connectivity index (χ2v) is 4.99. The number of rotatable bonds is 2. The molecule has 0 aliphatic carbocycles. The van der Waals surface area contributed by atoms with Crippen LogP contribution < -0.4 is 10.2 Å².